The highest BCUT2D eigenvalue weighted by Crippen LogP contribution is 2.21. The molecule has 1 atom stereocenters. The standard InChI is InChI=1S/C16H21N3O4S/c1-10(2)16(3,8-13(21)22)18-12(20)4-6-19-9-17-14-11(15(19)23)5-7-24-14/h5,7,9-10H,4,6,8H2,1-3H3,(H,18,20)(H,21,22). The number of carboxylic acid groups (broad SMARTS) is 1. The number of thiophene rings is 1. The van der Waals surface area contributed by atoms with E-state index in [0.29, 0.717) is 10.2 Å². The Balaban J connectivity index is 2.05. The molecule has 7 nitrogen and oxygen atoms in total. The summed E-state index contributed by atoms with van der Waals surface area (Å²) in [6.45, 7) is 5.64. The van der Waals surface area contributed by atoms with E-state index in [1.807, 2.05) is 13.8 Å². The van der Waals surface area contributed by atoms with Gasteiger partial charge in [0.2, 0.25) is 5.91 Å². The van der Waals surface area contributed by atoms with Gasteiger partial charge in [0.15, 0.2) is 0 Å². The number of aryl methyl sites for hydroxylation is 1. The molecule has 0 aliphatic heterocycles. The second kappa shape index (κ2) is 7.12. The summed E-state index contributed by atoms with van der Waals surface area (Å²) in [6, 6.07) is 1.72. The summed E-state index contributed by atoms with van der Waals surface area (Å²) >= 11 is 1.39. The summed E-state index contributed by atoms with van der Waals surface area (Å²) in [6.07, 6.45) is 1.37. The summed E-state index contributed by atoms with van der Waals surface area (Å²) in [5.41, 5.74) is -1.00. The lowest BCUT2D eigenvalue weighted by atomic mass is 9.85. The number of aromatic nitrogens is 2. The summed E-state index contributed by atoms with van der Waals surface area (Å²) in [5.74, 6) is -1.29. The zero-order valence-corrected chi connectivity index (χ0v) is 14.7. The van der Waals surface area contributed by atoms with Gasteiger partial charge in [-0.1, -0.05) is 13.8 Å². The molecule has 24 heavy (non-hydrogen) atoms. The maximum absolute atomic E-state index is 12.3. The number of amides is 1. The van der Waals surface area contributed by atoms with Gasteiger partial charge in [-0.2, -0.15) is 0 Å². The van der Waals surface area contributed by atoms with Crippen LogP contribution in [0.3, 0.4) is 0 Å². The Morgan fingerprint density at radius 2 is 2.17 bits per heavy atom. The quantitative estimate of drug-likeness (QED) is 0.793. The molecule has 8 heteroatoms. The average molecular weight is 351 g/mol. The van der Waals surface area contributed by atoms with Gasteiger partial charge in [0.1, 0.15) is 4.83 Å². The number of nitrogens with one attached hydrogen (secondary N) is 1. The fourth-order valence-electron chi connectivity index (χ4n) is 2.36. The third kappa shape index (κ3) is 4.00. The molecule has 0 aliphatic carbocycles. The number of hydrogen-bond acceptors (Lipinski definition) is 5. The third-order valence-electron chi connectivity index (χ3n) is 4.25. The number of carbonyl (C=O) groups excluding carboxylic acids is 1. The summed E-state index contributed by atoms with van der Waals surface area (Å²) < 4.78 is 1.40. The van der Waals surface area contributed by atoms with Gasteiger partial charge in [-0.15, -0.1) is 11.3 Å². The molecule has 0 spiro atoms. The number of carbonyl (C=O) groups is 2. The molecule has 2 heterocycles. The highest BCUT2D eigenvalue weighted by Gasteiger charge is 2.32. The van der Waals surface area contributed by atoms with Crippen LogP contribution in [0.2, 0.25) is 0 Å². The van der Waals surface area contributed by atoms with Crippen LogP contribution >= 0.6 is 11.3 Å². The second-order valence-corrected chi connectivity index (χ2v) is 7.22. The van der Waals surface area contributed by atoms with E-state index in [1.165, 1.54) is 22.2 Å². The van der Waals surface area contributed by atoms with E-state index < -0.39 is 11.5 Å². The molecular formula is C16H21N3O4S. The molecule has 2 rings (SSSR count). The summed E-state index contributed by atoms with van der Waals surface area (Å²) in [7, 11) is 0. The minimum absolute atomic E-state index is 0.0379. The zero-order chi connectivity index (χ0) is 17.9. The molecule has 0 bridgehead atoms. The lowest BCUT2D eigenvalue weighted by molar-refractivity contribution is -0.139. The maximum Gasteiger partial charge on any atom is 0.305 e. The monoisotopic (exact) mass is 351 g/mol. The molecule has 0 saturated heterocycles. The fourth-order valence-corrected chi connectivity index (χ4v) is 3.09. The molecular weight excluding hydrogens is 330 g/mol. The lowest BCUT2D eigenvalue weighted by Crippen LogP contribution is -2.51. The van der Waals surface area contributed by atoms with Crippen molar-refractivity contribution in [2.75, 3.05) is 0 Å². The van der Waals surface area contributed by atoms with Gasteiger partial charge in [-0.25, -0.2) is 4.98 Å². The van der Waals surface area contributed by atoms with E-state index in [0.717, 1.165) is 0 Å². The first-order valence-electron chi connectivity index (χ1n) is 7.68. The van der Waals surface area contributed by atoms with Crippen molar-refractivity contribution in [3.05, 3.63) is 28.1 Å². The fraction of sp³-hybridized carbons (Fsp3) is 0.500. The molecule has 0 saturated carbocycles. The molecule has 2 aromatic rings. The summed E-state index contributed by atoms with van der Waals surface area (Å²) in [5, 5.41) is 14.2. The van der Waals surface area contributed by atoms with E-state index in [1.54, 1.807) is 18.4 Å². The largest absolute Gasteiger partial charge is 0.481 e. The lowest BCUT2D eigenvalue weighted by Gasteiger charge is -2.33. The van der Waals surface area contributed by atoms with Gasteiger partial charge < -0.3 is 10.4 Å². The van der Waals surface area contributed by atoms with Crippen molar-refractivity contribution >= 4 is 33.4 Å². The van der Waals surface area contributed by atoms with E-state index >= 15 is 0 Å². The van der Waals surface area contributed by atoms with Crippen LogP contribution < -0.4 is 10.9 Å². The Morgan fingerprint density at radius 1 is 1.46 bits per heavy atom. The SMILES string of the molecule is CC(C)C(C)(CC(=O)O)NC(=O)CCn1cnc2sccc2c1=O. The topological polar surface area (TPSA) is 101 Å². The molecule has 0 aliphatic rings. The normalized spacial score (nSPS) is 13.8. The highest BCUT2D eigenvalue weighted by molar-refractivity contribution is 7.16. The van der Waals surface area contributed by atoms with Gasteiger partial charge in [0, 0.05) is 18.5 Å². The van der Waals surface area contributed by atoms with E-state index in [2.05, 4.69) is 10.3 Å². The predicted octanol–water partition coefficient (Wildman–Crippen LogP) is 1.85. The molecule has 1 unspecified atom stereocenters. The molecule has 2 N–H and O–H groups in total. The van der Waals surface area contributed by atoms with Crippen LogP contribution in [-0.4, -0.2) is 32.1 Å². The molecule has 1 amide bonds. The van der Waals surface area contributed by atoms with Crippen molar-refractivity contribution in [3.8, 4) is 0 Å². The first-order chi connectivity index (χ1) is 11.2. The molecule has 130 valence electrons. The van der Waals surface area contributed by atoms with Gasteiger partial charge in [-0.3, -0.25) is 19.0 Å². The molecule has 2 aromatic heterocycles. The van der Waals surface area contributed by atoms with Crippen LogP contribution in [0.15, 0.2) is 22.6 Å². The predicted molar refractivity (Wildman–Crippen MR) is 92.1 cm³/mol. The van der Waals surface area contributed by atoms with Crippen LogP contribution in [-0.2, 0) is 16.1 Å². The second-order valence-electron chi connectivity index (χ2n) is 6.32. The minimum atomic E-state index is -0.963. The number of rotatable bonds is 7. The average Bonchev–Trinajstić information content (AvgIpc) is 2.94. The summed E-state index contributed by atoms with van der Waals surface area (Å²) in [4.78, 5) is 40.4. The van der Waals surface area contributed by atoms with Crippen molar-refractivity contribution in [1.82, 2.24) is 14.9 Å². The van der Waals surface area contributed by atoms with Crippen molar-refractivity contribution in [3.63, 3.8) is 0 Å². The smallest absolute Gasteiger partial charge is 0.305 e. The van der Waals surface area contributed by atoms with Gasteiger partial charge in [-0.05, 0) is 24.3 Å². The van der Waals surface area contributed by atoms with Gasteiger partial charge in [0.05, 0.1) is 18.1 Å². The Morgan fingerprint density at radius 3 is 2.79 bits per heavy atom. The van der Waals surface area contributed by atoms with Crippen LogP contribution in [0, 0.1) is 5.92 Å². The van der Waals surface area contributed by atoms with Crippen LogP contribution in [0.1, 0.15) is 33.6 Å². The van der Waals surface area contributed by atoms with Crippen molar-refractivity contribution in [1.29, 1.82) is 0 Å². The maximum atomic E-state index is 12.3. The number of aliphatic carboxylic acids is 1. The van der Waals surface area contributed by atoms with E-state index in [4.69, 9.17) is 5.11 Å². The number of hydrogen-bond donors (Lipinski definition) is 2. The number of fused-ring (bicyclic) bond motifs is 1. The Kier molecular flexibility index (Phi) is 5.38. The Labute approximate surface area is 143 Å². The van der Waals surface area contributed by atoms with Crippen LogP contribution in [0.5, 0.6) is 0 Å². The van der Waals surface area contributed by atoms with E-state index in [9.17, 15) is 14.4 Å². The van der Waals surface area contributed by atoms with Crippen LogP contribution in [0.4, 0.5) is 0 Å². The van der Waals surface area contributed by atoms with Crippen molar-refractivity contribution in [2.45, 2.75) is 45.7 Å². The van der Waals surface area contributed by atoms with E-state index in [-0.39, 0.29) is 36.8 Å². The zero-order valence-electron chi connectivity index (χ0n) is 13.9. The number of nitrogens with zero attached hydrogens (tertiary/aromatic N) is 2. The van der Waals surface area contributed by atoms with Crippen LogP contribution in [0.25, 0.3) is 10.2 Å². The number of carboxylic acids is 1. The van der Waals surface area contributed by atoms with Gasteiger partial charge >= 0.3 is 5.97 Å². The third-order valence-corrected chi connectivity index (χ3v) is 5.07. The first kappa shape index (κ1) is 18.1. The van der Waals surface area contributed by atoms with Crippen molar-refractivity contribution < 1.29 is 14.7 Å². The molecule has 0 aromatic carbocycles. The Bertz CT molecular complexity index is 811. The van der Waals surface area contributed by atoms with Gasteiger partial charge in [0.25, 0.3) is 5.56 Å². The minimum Gasteiger partial charge on any atom is -0.481 e. The highest BCUT2D eigenvalue weighted by atomic mass is 32.1. The first-order valence-corrected chi connectivity index (χ1v) is 8.56. The molecule has 0 fully saturated rings. The Hall–Kier alpha value is -2.22. The van der Waals surface area contributed by atoms with Crippen molar-refractivity contribution in [2.24, 2.45) is 5.92 Å². The molecule has 0 radical (unpaired) electrons.